The number of carboxylic acids is 2. The average Bonchev–Trinajstić information content (AvgIpc) is 0.853. The van der Waals surface area contributed by atoms with E-state index in [9.17, 15) is 43.2 Å². The van der Waals surface area contributed by atoms with E-state index in [4.69, 9.17) is 47.5 Å². The minimum Gasteiger partial charge on any atom is -0.497 e. The predicted octanol–water partition coefficient (Wildman–Crippen LogP) is 17.0. The number of amides is 4. The van der Waals surface area contributed by atoms with Gasteiger partial charge in [0, 0.05) is 122 Å². The van der Waals surface area contributed by atoms with Gasteiger partial charge in [0.05, 0.1) is 50.2 Å². The quantitative estimate of drug-likeness (QED) is 0.0142. The van der Waals surface area contributed by atoms with E-state index in [1.165, 1.54) is 56.0 Å². The number of benzene rings is 6. The Hall–Kier alpha value is -13.9. The van der Waals surface area contributed by atoms with E-state index in [1.54, 1.807) is 193 Å². The Labute approximate surface area is 698 Å². The molecule has 622 valence electrons. The number of hydrogen-bond acceptors (Lipinski definition) is 20. The fraction of sp³-hybridized carbons (Fsp3) is 0.239. The highest BCUT2D eigenvalue weighted by atomic mass is 35.5. The van der Waals surface area contributed by atoms with Crippen LogP contribution in [-0.4, -0.2) is 128 Å². The van der Waals surface area contributed by atoms with E-state index in [0.29, 0.717) is 68.3 Å². The van der Waals surface area contributed by atoms with Crippen molar-refractivity contribution in [3.63, 3.8) is 0 Å². The van der Waals surface area contributed by atoms with Crippen LogP contribution in [0.2, 0.25) is 0 Å². The second-order valence-corrected chi connectivity index (χ2v) is 26.9. The largest absolute Gasteiger partial charge is 0.497 e. The molecule has 6 aromatic carbocycles. The van der Waals surface area contributed by atoms with E-state index in [1.807, 2.05) is 51.1 Å². The van der Waals surface area contributed by atoms with Gasteiger partial charge in [-0.1, -0.05) is 63.8 Å². The summed E-state index contributed by atoms with van der Waals surface area (Å²) in [7, 11) is 4.67. The fourth-order valence-electron chi connectivity index (χ4n) is 10.8. The van der Waals surface area contributed by atoms with Crippen LogP contribution in [-0.2, 0) is 22.3 Å². The molecule has 0 spiro atoms. The molecule has 0 aliphatic heterocycles. The van der Waals surface area contributed by atoms with Crippen LogP contribution in [0.4, 0.5) is 22.7 Å². The van der Waals surface area contributed by atoms with Gasteiger partial charge in [-0.3, -0.25) is 48.9 Å². The van der Waals surface area contributed by atoms with Crippen molar-refractivity contribution in [3.05, 3.63) is 327 Å². The number of aryl methyl sites for hydroxylation is 5. The van der Waals surface area contributed by atoms with Crippen LogP contribution in [0.5, 0.6) is 11.5 Å². The maximum absolute atomic E-state index is 12.9. The fourth-order valence-corrected chi connectivity index (χ4v) is 10.9. The van der Waals surface area contributed by atoms with E-state index in [0.717, 1.165) is 84.1 Å². The maximum atomic E-state index is 12.9. The number of carbonyl (C=O) groups excluding carboxylic acids is 7. The number of hydrogen-bond donors (Lipinski definition) is 8. The van der Waals surface area contributed by atoms with Crippen molar-refractivity contribution in [1.29, 1.82) is 0 Å². The standard InChI is InChI=1S/C27H31N3O3.C15H14N2O3.C14H12N2O3.C13H21NO.C9H11NO2.C7H6ClNO.C7H7NO2/c1-4-5-8-24(17-20-7-6-9-25(18-20)33-3)30-26(31)21-10-12-23(13-11-21)29-27(32)22-14-15-28-19(2)16-22;1-10-9-12(7-8-16-10)14(18)17-13-5-3-11(4-6-13)15(19)20-2;1-9-8-11(6-7-15-9)13(17)16-12-4-2-10(3-5-12)14(18)19;1-3-4-7-12(14)9-11-6-5-8-13(10-11)15-2;1-2-12-9(11)7-3-5-8(10)6-4-7;1-5-4-6(7(8)10)2-3-9-5;1-5-4-6(7(9)10)2-3-8-5/h6-7,9-16,18,24H,4-5,8,17H2,1-3H3,(H,29,32)(H,30,31);3-9H,1-2H3,(H,17,18);2-8H,1H3,(H,16,17)(H,18,19);5-6,8,10,12H,3-4,7,9,14H2,1-2H3;3-6H,2,10H2,1H3;2-4H,1H3;2-4H,1H3,(H,9,10)/t24-;;;12-;;;/m0..0.../s1. The summed E-state index contributed by atoms with van der Waals surface area (Å²) >= 11 is 5.21. The molecule has 2 atom stereocenters. The van der Waals surface area contributed by atoms with Gasteiger partial charge in [0.2, 0.25) is 0 Å². The highest BCUT2D eigenvalue weighted by Crippen LogP contribution is 2.21. The van der Waals surface area contributed by atoms with Crippen LogP contribution < -0.4 is 42.2 Å². The lowest BCUT2D eigenvalue weighted by molar-refractivity contribution is 0.0524. The molecular formula is C92H102ClN11O15. The number of methoxy groups -OCH3 is 3. The molecule has 27 heteroatoms. The molecule has 0 bridgehead atoms. The number of unbranched alkanes of at least 4 members (excludes halogenated alkanes) is 2. The molecule has 11 aromatic rings. The Morgan fingerprint density at radius 1 is 0.403 bits per heavy atom. The molecule has 11 rings (SSSR count). The van der Waals surface area contributed by atoms with Crippen molar-refractivity contribution < 1.29 is 72.3 Å². The first-order valence-corrected chi connectivity index (χ1v) is 38.4. The number of esters is 2. The summed E-state index contributed by atoms with van der Waals surface area (Å²) in [6, 6.07) is 58.7. The zero-order valence-corrected chi connectivity index (χ0v) is 69.3. The third kappa shape index (κ3) is 36.2. The van der Waals surface area contributed by atoms with Crippen molar-refractivity contribution in [2.45, 2.75) is 119 Å². The van der Waals surface area contributed by atoms with Crippen LogP contribution >= 0.6 is 11.6 Å². The lowest BCUT2D eigenvalue weighted by Crippen LogP contribution is -2.36. The number of carboxylic acid groups (broad SMARTS) is 2. The summed E-state index contributed by atoms with van der Waals surface area (Å²) in [6.07, 6.45) is 16.0. The number of anilines is 4. The molecule has 4 amide bonds. The number of halogens is 1. The highest BCUT2D eigenvalue weighted by Gasteiger charge is 2.17. The molecule has 5 heterocycles. The van der Waals surface area contributed by atoms with Gasteiger partial charge in [-0.2, -0.15) is 0 Å². The zero-order chi connectivity index (χ0) is 87.2. The first-order chi connectivity index (χ1) is 57.0. The molecule has 119 heavy (non-hydrogen) atoms. The van der Waals surface area contributed by atoms with Gasteiger partial charge >= 0.3 is 23.9 Å². The number of rotatable bonds is 26. The Kier molecular flexibility index (Phi) is 41.7. The van der Waals surface area contributed by atoms with E-state index < -0.39 is 23.2 Å². The molecule has 5 aromatic heterocycles. The minimum atomic E-state index is -0.998. The number of ether oxygens (including phenoxy) is 4. The Bertz CT molecular complexity index is 5040. The van der Waals surface area contributed by atoms with Crippen molar-refractivity contribution in [1.82, 2.24) is 30.2 Å². The number of nitrogen functional groups attached to an aromatic ring is 1. The average molecular weight is 1640 g/mol. The third-order valence-corrected chi connectivity index (χ3v) is 17.2. The number of nitrogens with one attached hydrogen (secondary N) is 4. The van der Waals surface area contributed by atoms with Gasteiger partial charge < -0.3 is 61.9 Å². The number of nitrogens with zero attached hydrogens (tertiary/aromatic N) is 5. The molecule has 0 unspecified atom stereocenters. The summed E-state index contributed by atoms with van der Waals surface area (Å²) in [5, 5.41) is 28.3. The number of nitrogens with two attached hydrogens (primary N) is 2. The molecule has 0 radical (unpaired) electrons. The van der Waals surface area contributed by atoms with Crippen LogP contribution in [0.1, 0.15) is 192 Å². The van der Waals surface area contributed by atoms with Crippen LogP contribution in [0.3, 0.4) is 0 Å². The molecule has 0 aliphatic carbocycles. The van der Waals surface area contributed by atoms with Gasteiger partial charge in [0.1, 0.15) is 11.5 Å². The van der Waals surface area contributed by atoms with Gasteiger partial charge in [0.15, 0.2) is 0 Å². The lowest BCUT2D eigenvalue weighted by Gasteiger charge is -2.19. The van der Waals surface area contributed by atoms with Gasteiger partial charge in [-0.05, 0) is 272 Å². The minimum absolute atomic E-state index is 0.0267. The second kappa shape index (κ2) is 51.9. The van der Waals surface area contributed by atoms with E-state index in [2.05, 4.69) is 83.0 Å². The predicted molar refractivity (Wildman–Crippen MR) is 462 cm³/mol. The summed E-state index contributed by atoms with van der Waals surface area (Å²) in [4.78, 5) is 123. The summed E-state index contributed by atoms with van der Waals surface area (Å²) in [6.45, 7) is 15.5. The number of pyridine rings is 5. The maximum Gasteiger partial charge on any atom is 0.338 e. The normalized spacial score (nSPS) is 10.5. The first-order valence-electron chi connectivity index (χ1n) is 38.0. The molecule has 0 saturated heterocycles. The molecule has 0 saturated carbocycles. The Balaban J connectivity index is 0.000000258. The van der Waals surface area contributed by atoms with Gasteiger partial charge in [-0.25, -0.2) is 19.2 Å². The van der Waals surface area contributed by atoms with Gasteiger partial charge in [-0.15, -0.1) is 0 Å². The third-order valence-electron chi connectivity index (χ3n) is 16.9. The molecule has 0 aliphatic rings. The summed E-state index contributed by atoms with van der Waals surface area (Å²) in [5.74, 6) is -1.71. The number of aromatic nitrogens is 5. The molecule has 0 fully saturated rings. The van der Waals surface area contributed by atoms with E-state index >= 15 is 0 Å². The van der Waals surface area contributed by atoms with Crippen molar-refractivity contribution in [2.24, 2.45) is 5.73 Å². The zero-order valence-electron chi connectivity index (χ0n) is 68.5. The van der Waals surface area contributed by atoms with E-state index in [-0.39, 0.29) is 52.8 Å². The Morgan fingerprint density at radius 3 is 1.12 bits per heavy atom. The first kappa shape index (κ1) is 95.7. The lowest BCUT2D eigenvalue weighted by atomic mass is 10.00. The number of aromatic carboxylic acids is 2. The van der Waals surface area contributed by atoms with Crippen molar-refractivity contribution >= 4 is 87.1 Å². The monoisotopic (exact) mass is 1640 g/mol. The molecule has 10 N–H and O–H groups in total. The smallest absolute Gasteiger partial charge is 0.338 e. The second-order valence-electron chi connectivity index (χ2n) is 26.6. The van der Waals surface area contributed by atoms with Crippen LogP contribution in [0.15, 0.2) is 237 Å². The summed E-state index contributed by atoms with van der Waals surface area (Å²) in [5.41, 5.74) is 24.2. The molecular weight excluding hydrogens is 1530 g/mol. The number of carbonyl (C=O) groups is 9. The van der Waals surface area contributed by atoms with Crippen LogP contribution in [0.25, 0.3) is 0 Å². The molecule has 26 nitrogen and oxygen atoms in total. The van der Waals surface area contributed by atoms with Gasteiger partial charge in [0.25, 0.3) is 28.9 Å². The van der Waals surface area contributed by atoms with Crippen molar-refractivity contribution in [2.75, 3.05) is 49.6 Å². The Morgan fingerprint density at radius 2 is 0.756 bits per heavy atom. The summed E-state index contributed by atoms with van der Waals surface area (Å²) < 4.78 is 19.9. The topological polar surface area (TPSA) is 396 Å². The van der Waals surface area contributed by atoms with Crippen molar-refractivity contribution in [3.8, 4) is 11.5 Å². The SMILES string of the molecule is CCCC[C@@H](Cc1cccc(OC)c1)NC(=O)c1ccc(NC(=O)c2ccnc(C)c2)cc1.CCCC[C@H](N)Cc1cccc(OC)c1.CCOC(=O)c1ccc(N)cc1.COC(=O)c1ccc(NC(=O)c2ccnc(C)c2)cc1.Cc1cc(C(=O)Cl)ccn1.Cc1cc(C(=O)Nc2ccc(C(=O)O)cc2)ccn1.Cc1cc(C(=O)O)ccn1. The highest BCUT2D eigenvalue weighted by molar-refractivity contribution is 6.67. The van der Waals surface area contributed by atoms with Crippen LogP contribution in [0, 0.1) is 34.6 Å².